The van der Waals surface area contributed by atoms with Crippen LogP contribution in [-0.2, 0) is 6.54 Å². The molecular formula is C12H16BrN3S. The van der Waals surface area contributed by atoms with Crippen molar-refractivity contribution in [2.45, 2.75) is 19.5 Å². The van der Waals surface area contributed by atoms with E-state index in [4.69, 9.17) is 5.26 Å². The van der Waals surface area contributed by atoms with Crippen molar-refractivity contribution in [1.82, 2.24) is 9.80 Å². The SMILES string of the molecule is CC(C#N)N1CCN(Cc2cc(Br)cs2)CC1. The van der Waals surface area contributed by atoms with Gasteiger partial charge in [0.1, 0.15) is 0 Å². The lowest BCUT2D eigenvalue weighted by Crippen LogP contribution is -2.48. The Hall–Kier alpha value is -0.410. The summed E-state index contributed by atoms with van der Waals surface area (Å²) >= 11 is 5.28. The van der Waals surface area contributed by atoms with Crippen LogP contribution >= 0.6 is 27.3 Å². The predicted molar refractivity (Wildman–Crippen MR) is 73.9 cm³/mol. The molecule has 0 bridgehead atoms. The van der Waals surface area contributed by atoms with Crippen molar-refractivity contribution in [3.8, 4) is 6.07 Å². The van der Waals surface area contributed by atoms with E-state index in [-0.39, 0.29) is 6.04 Å². The molecule has 1 saturated heterocycles. The lowest BCUT2D eigenvalue weighted by Gasteiger charge is -2.35. The standard InChI is InChI=1S/C12H16BrN3S/c1-10(7-14)16-4-2-15(3-5-16)8-12-6-11(13)9-17-12/h6,9-10H,2-5,8H2,1H3. The van der Waals surface area contributed by atoms with E-state index in [0.29, 0.717) is 0 Å². The van der Waals surface area contributed by atoms with Crippen LogP contribution in [0.2, 0.25) is 0 Å². The maximum absolute atomic E-state index is 8.88. The average molecular weight is 314 g/mol. The number of hydrogen-bond acceptors (Lipinski definition) is 4. The van der Waals surface area contributed by atoms with Crippen molar-refractivity contribution in [3.05, 3.63) is 20.8 Å². The summed E-state index contributed by atoms with van der Waals surface area (Å²) < 4.78 is 1.18. The maximum Gasteiger partial charge on any atom is 0.0950 e. The van der Waals surface area contributed by atoms with Crippen LogP contribution in [0.3, 0.4) is 0 Å². The quantitative estimate of drug-likeness (QED) is 0.859. The summed E-state index contributed by atoms with van der Waals surface area (Å²) in [7, 11) is 0. The number of thiophene rings is 1. The molecule has 2 rings (SSSR count). The van der Waals surface area contributed by atoms with Gasteiger partial charge in [-0.25, -0.2) is 0 Å². The molecule has 0 N–H and O–H groups in total. The first kappa shape index (κ1) is 13.0. The summed E-state index contributed by atoms with van der Waals surface area (Å²) in [5.74, 6) is 0. The van der Waals surface area contributed by atoms with Gasteiger partial charge in [-0.15, -0.1) is 11.3 Å². The van der Waals surface area contributed by atoms with Gasteiger partial charge in [-0.3, -0.25) is 9.80 Å². The Morgan fingerprint density at radius 2 is 2.18 bits per heavy atom. The van der Waals surface area contributed by atoms with Gasteiger partial charge in [-0.05, 0) is 28.9 Å². The Morgan fingerprint density at radius 3 is 2.71 bits per heavy atom. The molecule has 1 unspecified atom stereocenters. The number of halogens is 1. The van der Waals surface area contributed by atoms with Crippen molar-refractivity contribution in [1.29, 1.82) is 5.26 Å². The molecule has 1 aromatic rings. The topological polar surface area (TPSA) is 30.3 Å². The molecule has 0 amide bonds. The zero-order valence-corrected chi connectivity index (χ0v) is 12.3. The van der Waals surface area contributed by atoms with E-state index in [0.717, 1.165) is 32.7 Å². The van der Waals surface area contributed by atoms with E-state index < -0.39 is 0 Å². The fraction of sp³-hybridized carbons (Fsp3) is 0.583. The molecule has 1 aromatic heterocycles. The predicted octanol–water partition coefficient (Wildman–Crippen LogP) is 2.54. The summed E-state index contributed by atoms with van der Waals surface area (Å²) in [4.78, 5) is 6.11. The molecular weight excluding hydrogens is 298 g/mol. The van der Waals surface area contributed by atoms with Crippen LogP contribution in [0.15, 0.2) is 15.9 Å². The van der Waals surface area contributed by atoms with Crippen LogP contribution in [0.4, 0.5) is 0 Å². The van der Waals surface area contributed by atoms with Crippen LogP contribution < -0.4 is 0 Å². The van der Waals surface area contributed by atoms with E-state index in [1.54, 1.807) is 11.3 Å². The average Bonchev–Trinajstić information content (AvgIpc) is 2.75. The molecule has 2 heterocycles. The van der Waals surface area contributed by atoms with Gasteiger partial charge in [-0.1, -0.05) is 0 Å². The third-order valence-corrected chi connectivity index (χ3v) is 4.83. The van der Waals surface area contributed by atoms with E-state index in [1.807, 2.05) is 6.92 Å². The smallest absolute Gasteiger partial charge is 0.0950 e. The van der Waals surface area contributed by atoms with E-state index in [1.165, 1.54) is 9.35 Å². The number of nitriles is 1. The highest BCUT2D eigenvalue weighted by Gasteiger charge is 2.20. The molecule has 0 spiro atoms. The fourth-order valence-electron chi connectivity index (χ4n) is 2.05. The van der Waals surface area contributed by atoms with E-state index >= 15 is 0 Å². The van der Waals surface area contributed by atoms with Gasteiger partial charge in [0.15, 0.2) is 0 Å². The van der Waals surface area contributed by atoms with Crippen molar-refractivity contribution in [3.63, 3.8) is 0 Å². The molecule has 0 saturated carbocycles. The minimum absolute atomic E-state index is 0.0491. The highest BCUT2D eigenvalue weighted by Crippen LogP contribution is 2.21. The van der Waals surface area contributed by atoms with Crippen LogP contribution in [0.1, 0.15) is 11.8 Å². The molecule has 92 valence electrons. The van der Waals surface area contributed by atoms with E-state index in [9.17, 15) is 0 Å². The molecule has 1 fully saturated rings. The lowest BCUT2D eigenvalue weighted by molar-refractivity contribution is 0.115. The second-order valence-corrected chi connectivity index (χ2v) is 6.26. The summed E-state index contributed by atoms with van der Waals surface area (Å²) in [6.45, 7) is 7.13. The van der Waals surface area contributed by atoms with Gasteiger partial charge in [0.25, 0.3) is 0 Å². The Labute approximate surface area is 115 Å². The largest absolute Gasteiger partial charge is 0.296 e. The molecule has 1 aliphatic heterocycles. The van der Waals surface area contributed by atoms with Crippen molar-refractivity contribution in [2.75, 3.05) is 26.2 Å². The van der Waals surface area contributed by atoms with Gasteiger partial charge >= 0.3 is 0 Å². The van der Waals surface area contributed by atoms with Crippen molar-refractivity contribution < 1.29 is 0 Å². The van der Waals surface area contributed by atoms with Gasteiger partial charge in [0.05, 0.1) is 12.1 Å². The second-order valence-electron chi connectivity index (χ2n) is 4.35. The fourth-order valence-corrected chi connectivity index (χ4v) is 3.54. The first-order valence-corrected chi connectivity index (χ1v) is 7.45. The molecule has 0 aromatic carbocycles. The van der Waals surface area contributed by atoms with Crippen LogP contribution in [0.25, 0.3) is 0 Å². The summed E-state index contributed by atoms with van der Waals surface area (Å²) in [6, 6.07) is 4.54. The number of hydrogen-bond donors (Lipinski definition) is 0. The molecule has 5 heteroatoms. The highest BCUT2D eigenvalue weighted by atomic mass is 79.9. The zero-order chi connectivity index (χ0) is 12.3. The Kier molecular flexibility index (Phi) is 4.57. The monoisotopic (exact) mass is 313 g/mol. The normalized spacial score (nSPS) is 20.1. The van der Waals surface area contributed by atoms with Gasteiger partial charge in [0, 0.05) is 47.5 Å². The number of rotatable bonds is 3. The first-order valence-electron chi connectivity index (χ1n) is 5.78. The summed E-state index contributed by atoms with van der Waals surface area (Å²) in [5, 5.41) is 11.0. The third-order valence-electron chi connectivity index (χ3n) is 3.14. The molecule has 17 heavy (non-hydrogen) atoms. The van der Waals surface area contributed by atoms with Gasteiger partial charge < -0.3 is 0 Å². The minimum Gasteiger partial charge on any atom is -0.296 e. The molecule has 0 aliphatic carbocycles. The zero-order valence-electron chi connectivity index (χ0n) is 9.90. The van der Waals surface area contributed by atoms with Crippen LogP contribution in [0, 0.1) is 11.3 Å². The maximum atomic E-state index is 8.88. The minimum atomic E-state index is 0.0491. The third kappa shape index (κ3) is 3.52. The molecule has 1 aliphatic rings. The Bertz CT molecular complexity index is 404. The van der Waals surface area contributed by atoms with Gasteiger partial charge in [0.2, 0.25) is 0 Å². The van der Waals surface area contributed by atoms with Crippen molar-refractivity contribution >= 4 is 27.3 Å². The van der Waals surface area contributed by atoms with E-state index in [2.05, 4.69) is 43.2 Å². The summed E-state index contributed by atoms with van der Waals surface area (Å²) in [5.41, 5.74) is 0. The molecule has 0 radical (unpaired) electrons. The summed E-state index contributed by atoms with van der Waals surface area (Å²) in [6.07, 6.45) is 0. The first-order chi connectivity index (χ1) is 8.19. The Balaban J connectivity index is 1.82. The Morgan fingerprint density at radius 1 is 1.47 bits per heavy atom. The van der Waals surface area contributed by atoms with Gasteiger partial charge in [-0.2, -0.15) is 5.26 Å². The lowest BCUT2D eigenvalue weighted by atomic mass is 10.2. The van der Waals surface area contributed by atoms with Crippen LogP contribution in [0.5, 0.6) is 0 Å². The molecule has 3 nitrogen and oxygen atoms in total. The van der Waals surface area contributed by atoms with Crippen molar-refractivity contribution in [2.24, 2.45) is 0 Å². The number of piperazine rings is 1. The number of nitrogens with zero attached hydrogens (tertiary/aromatic N) is 3. The highest BCUT2D eigenvalue weighted by molar-refractivity contribution is 9.10. The second kappa shape index (κ2) is 5.96. The molecule has 1 atom stereocenters. The van der Waals surface area contributed by atoms with Crippen LogP contribution in [-0.4, -0.2) is 42.0 Å².